The second-order valence-electron chi connectivity index (χ2n) is 2.28. The molecule has 0 aromatic carbocycles. The largest absolute Gasteiger partial charge is 0.287 e. The van der Waals surface area contributed by atoms with E-state index in [2.05, 4.69) is 0 Å². The normalized spacial score (nSPS) is 65.7. The van der Waals surface area contributed by atoms with Gasteiger partial charge in [0.05, 0.1) is 0 Å². The van der Waals surface area contributed by atoms with Crippen LogP contribution >= 0.6 is 85.0 Å². The van der Waals surface area contributed by atoms with Gasteiger partial charge in [-0.05, 0) is 0 Å². The van der Waals surface area contributed by atoms with E-state index in [1.807, 2.05) is 0 Å². The van der Waals surface area contributed by atoms with E-state index in [1.54, 1.807) is 0 Å². The first-order chi connectivity index (χ1) is 6.24. The summed E-state index contributed by atoms with van der Waals surface area (Å²) >= 11 is 5.49. The molecule has 0 spiro atoms. The predicted octanol–water partition coefficient (Wildman–Crippen LogP) is 6.86. The summed E-state index contributed by atoms with van der Waals surface area (Å²) in [5.41, 5.74) is 0. The van der Waals surface area contributed by atoms with E-state index in [1.165, 1.54) is 0 Å². The first-order valence-corrected chi connectivity index (χ1v) is 21.9. The Labute approximate surface area is 102 Å². The topological polar surface area (TPSA) is 68.3 Å². The van der Waals surface area contributed by atoms with Crippen LogP contribution in [0.2, 0.25) is 0 Å². The zero-order valence-corrected chi connectivity index (χ0v) is 14.3. The average molecular weight is 380 g/mol. The van der Waals surface area contributed by atoms with Crippen molar-refractivity contribution in [3.63, 3.8) is 0 Å². The lowest BCUT2D eigenvalue weighted by atomic mass is 16.0. The molecule has 4 heterocycles. The minimum atomic E-state index is -2.87. The third-order valence-electron chi connectivity index (χ3n) is 1.20. The maximum absolute atomic E-state index is 12.1. The maximum Gasteiger partial charge on any atom is 0.268 e. The molecule has 0 radical (unpaired) electrons. The van der Waals surface area contributed by atoms with Crippen molar-refractivity contribution in [2.75, 3.05) is 0 Å². The second kappa shape index (κ2) is 3.31. The van der Waals surface area contributed by atoms with Crippen molar-refractivity contribution < 1.29 is 18.3 Å². The van der Waals surface area contributed by atoms with Gasteiger partial charge < -0.3 is 0 Å². The Balaban J connectivity index is 2.27. The van der Waals surface area contributed by atoms with Gasteiger partial charge in [0.2, 0.25) is 0 Å². The molecule has 80 valence electrons. The molecule has 4 rings (SSSR count). The summed E-state index contributed by atoms with van der Waals surface area (Å²) in [7, 11) is 0. The van der Waals surface area contributed by atoms with Gasteiger partial charge in [0.15, 0.2) is 0 Å². The number of hydrogen-bond acceptors (Lipinski definition) is 10. The van der Waals surface area contributed by atoms with Crippen molar-refractivity contribution in [2.24, 2.45) is 0 Å². The lowest BCUT2D eigenvalue weighted by Gasteiger charge is -2.42. The van der Waals surface area contributed by atoms with Crippen LogP contribution in [0, 0.1) is 0 Å². The van der Waals surface area contributed by atoms with E-state index >= 15 is 0 Å². The molecule has 0 aliphatic carbocycles. The molecular formula is O4P4S6. The highest BCUT2D eigenvalue weighted by Crippen LogP contribution is 3.29. The molecule has 0 aromatic heterocycles. The Morgan fingerprint density at radius 1 is 0.429 bits per heavy atom. The monoisotopic (exact) mass is 380 g/mol. The van der Waals surface area contributed by atoms with Crippen molar-refractivity contribution in [3.05, 3.63) is 0 Å². The van der Waals surface area contributed by atoms with Crippen molar-refractivity contribution in [1.82, 2.24) is 0 Å². The molecule has 0 N–H and O–H groups in total. The molecule has 4 bridgehead atoms. The Bertz CT molecular complexity index is 353. The van der Waals surface area contributed by atoms with Crippen LogP contribution < -0.4 is 0 Å². The third-order valence-corrected chi connectivity index (χ3v) is 75.6. The average Bonchev–Trinajstić information content (AvgIpc) is 1.67. The van der Waals surface area contributed by atoms with Gasteiger partial charge in [-0.25, -0.2) is 0 Å². The molecule has 4 saturated heterocycles. The first-order valence-electron chi connectivity index (χ1n) is 2.92. The molecule has 0 aromatic rings. The molecule has 4 aliphatic heterocycles. The smallest absolute Gasteiger partial charge is 0.268 e. The summed E-state index contributed by atoms with van der Waals surface area (Å²) in [5.74, 6) is 0. The number of rotatable bonds is 0. The van der Waals surface area contributed by atoms with Gasteiger partial charge in [-0.1, -0.05) is 0 Å². The SMILES string of the molecule is O=P12SP3(=O)SP(=O)(S1)SP(=O)(S2)S3. The fourth-order valence-corrected chi connectivity index (χ4v) is 151. The molecule has 0 saturated carbocycles. The molecule has 0 atom stereocenters. The summed E-state index contributed by atoms with van der Waals surface area (Å²) < 4.78 is 36.7. The van der Waals surface area contributed by atoms with Crippen LogP contribution in [0.5, 0.6) is 0 Å². The number of hydrogen-bond donors (Lipinski definition) is 0. The Kier molecular flexibility index (Phi) is 2.86. The fourth-order valence-electron chi connectivity index (χ4n) is 0.914. The lowest BCUT2D eigenvalue weighted by Crippen LogP contribution is -1.84. The van der Waals surface area contributed by atoms with Gasteiger partial charge in [0.25, 0.3) is 19.0 Å². The maximum atomic E-state index is 12.1. The molecule has 0 amide bonds. The summed E-state index contributed by atoms with van der Waals surface area (Å²) in [4.78, 5) is 0. The van der Waals surface area contributed by atoms with Crippen LogP contribution in [0.25, 0.3) is 0 Å². The fraction of sp³-hybridized carbons (Fsp3) is 0. The Hall–Kier alpha value is 3.02. The Morgan fingerprint density at radius 3 is 0.714 bits per heavy atom. The predicted molar refractivity (Wildman–Crippen MR) is 76.0 cm³/mol. The van der Waals surface area contributed by atoms with E-state index in [0.29, 0.717) is 0 Å². The zero-order valence-electron chi connectivity index (χ0n) is 5.87. The minimum absolute atomic E-state index is 0.914. The van der Waals surface area contributed by atoms with Gasteiger partial charge in [0.1, 0.15) is 0 Å². The standard InChI is InChI=1S/O4P4S6/c1-5-9-6(2)12-7(3,10-5)14-8(4,11-5)13-6. The third kappa shape index (κ3) is 1.94. The lowest BCUT2D eigenvalue weighted by molar-refractivity contribution is 0.598. The molecule has 4 aliphatic rings. The van der Waals surface area contributed by atoms with Crippen LogP contribution in [0.3, 0.4) is 0 Å². The highest BCUT2D eigenvalue weighted by Gasteiger charge is 2.69. The van der Waals surface area contributed by atoms with Crippen molar-refractivity contribution in [1.29, 1.82) is 0 Å². The summed E-state index contributed by atoms with van der Waals surface area (Å²) in [6.45, 7) is 0. The van der Waals surface area contributed by atoms with Crippen LogP contribution in [-0.2, 0) is 18.3 Å². The van der Waals surface area contributed by atoms with E-state index < -0.39 is 19.0 Å². The van der Waals surface area contributed by atoms with E-state index in [-0.39, 0.29) is 0 Å². The van der Waals surface area contributed by atoms with Gasteiger partial charge in [0, 0.05) is 66.0 Å². The molecular weight excluding hydrogens is 380 g/mol. The van der Waals surface area contributed by atoms with Crippen LogP contribution in [0.4, 0.5) is 0 Å². The van der Waals surface area contributed by atoms with E-state index in [9.17, 15) is 18.3 Å². The van der Waals surface area contributed by atoms with Crippen LogP contribution in [0.1, 0.15) is 0 Å². The van der Waals surface area contributed by atoms with Crippen molar-refractivity contribution in [2.45, 2.75) is 0 Å². The first kappa shape index (κ1) is 12.1. The molecule has 4 nitrogen and oxygen atoms in total. The van der Waals surface area contributed by atoms with Crippen molar-refractivity contribution in [3.8, 4) is 0 Å². The van der Waals surface area contributed by atoms with E-state index in [4.69, 9.17) is 0 Å². The van der Waals surface area contributed by atoms with Crippen LogP contribution in [0.15, 0.2) is 0 Å². The molecule has 14 heavy (non-hydrogen) atoms. The Morgan fingerprint density at radius 2 is 0.571 bits per heavy atom. The quantitative estimate of drug-likeness (QED) is 0.416. The van der Waals surface area contributed by atoms with Crippen molar-refractivity contribution >= 4 is 85.0 Å². The minimum Gasteiger partial charge on any atom is -0.287 e. The molecule has 0 unspecified atom stereocenters. The molecule has 14 heteroatoms. The van der Waals surface area contributed by atoms with Gasteiger partial charge >= 0.3 is 0 Å². The van der Waals surface area contributed by atoms with Gasteiger partial charge in [-0.15, -0.1) is 0 Å². The second-order valence-corrected chi connectivity index (χ2v) is 45.4. The highest BCUT2D eigenvalue weighted by atomic mass is 34.0. The van der Waals surface area contributed by atoms with Gasteiger partial charge in [-0.3, -0.25) is 18.3 Å². The summed E-state index contributed by atoms with van der Waals surface area (Å²) in [6.07, 6.45) is 0. The highest BCUT2D eigenvalue weighted by molar-refractivity contribution is 9.76. The summed E-state index contributed by atoms with van der Waals surface area (Å²) in [6, 6.07) is 0. The zero-order chi connectivity index (χ0) is 10.2. The van der Waals surface area contributed by atoms with E-state index in [0.717, 1.165) is 66.0 Å². The summed E-state index contributed by atoms with van der Waals surface area (Å²) in [5, 5.41) is 0. The van der Waals surface area contributed by atoms with Crippen LogP contribution in [-0.4, -0.2) is 0 Å². The van der Waals surface area contributed by atoms with Gasteiger partial charge in [-0.2, -0.15) is 0 Å². The molecule has 4 fully saturated rings.